The molecule has 2 atom stereocenters. The molecule has 2 amide bonds. The Morgan fingerprint density at radius 1 is 1.12 bits per heavy atom. The Balaban J connectivity index is 1.30. The predicted molar refractivity (Wildman–Crippen MR) is 187 cm³/mol. The molecule has 0 bridgehead atoms. The number of benzene rings is 3. The number of aliphatic imine (C=N–C) groups is 1. The van der Waals surface area contributed by atoms with Gasteiger partial charge in [-0.25, -0.2) is 13.8 Å². The molecule has 2 heterocycles. The molecule has 2 saturated carbocycles. The maximum atomic E-state index is 15.5. The number of nitrogen functional groups attached to an aromatic ring is 1. The summed E-state index contributed by atoms with van der Waals surface area (Å²) >= 11 is 6.13. The van der Waals surface area contributed by atoms with E-state index in [4.69, 9.17) is 31.8 Å². The molecule has 0 saturated heterocycles. The highest BCUT2D eigenvalue weighted by Crippen LogP contribution is 2.47. The van der Waals surface area contributed by atoms with E-state index in [0.717, 1.165) is 31.2 Å². The van der Waals surface area contributed by atoms with Gasteiger partial charge in [-0.15, -0.1) is 0 Å². The Kier molecular flexibility index (Phi) is 8.94. The lowest BCUT2D eigenvalue weighted by molar-refractivity contribution is -0.126. The fraction of sp³-hybridized carbons (Fsp3) is 0.316. The lowest BCUT2D eigenvalue weighted by atomic mass is 9.81. The number of hydrogen-bond donors (Lipinski definition) is 3. The largest absolute Gasteiger partial charge is 0.495 e. The van der Waals surface area contributed by atoms with Crippen LogP contribution in [0.1, 0.15) is 71.3 Å². The summed E-state index contributed by atoms with van der Waals surface area (Å²) in [5, 5.41) is 5.81. The van der Waals surface area contributed by atoms with Crippen molar-refractivity contribution < 1.29 is 27.8 Å². The number of methoxy groups -OCH3 is 1. The number of ether oxygens (including phenoxy) is 2. The van der Waals surface area contributed by atoms with Crippen molar-refractivity contribution in [3.05, 3.63) is 105 Å². The number of nitrogens with one attached hydrogen (secondary N) is 2. The minimum Gasteiger partial charge on any atom is -0.495 e. The molecule has 0 spiro atoms. The van der Waals surface area contributed by atoms with Crippen LogP contribution in [-0.4, -0.2) is 55.4 Å². The third-order valence-corrected chi connectivity index (χ3v) is 9.71. The summed E-state index contributed by atoms with van der Waals surface area (Å²) in [7, 11) is 1.48. The van der Waals surface area contributed by atoms with Gasteiger partial charge in [-0.1, -0.05) is 41.9 Å². The van der Waals surface area contributed by atoms with Crippen LogP contribution in [-0.2, 0) is 10.2 Å². The van der Waals surface area contributed by atoms with Crippen LogP contribution in [0.3, 0.4) is 0 Å². The van der Waals surface area contributed by atoms with Crippen molar-refractivity contribution >= 4 is 35.3 Å². The van der Waals surface area contributed by atoms with Crippen molar-refractivity contribution in [2.24, 2.45) is 4.99 Å². The second-order valence-electron chi connectivity index (χ2n) is 13.3. The zero-order valence-corrected chi connectivity index (χ0v) is 28.3. The Bertz CT molecular complexity index is 2020. The molecule has 4 N–H and O–H groups in total. The smallest absolute Gasteiger partial charge is 0.251 e. The highest BCUT2D eigenvalue weighted by Gasteiger charge is 2.47. The second kappa shape index (κ2) is 13.4. The minimum absolute atomic E-state index is 0.00629. The molecule has 12 heteroatoms. The van der Waals surface area contributed by atoms with E-state index in [1.807, 2.05) is 30.3 Å². The van der Waals surface area contributed by atoms with Crippen LogP contribution in [0, 0.1) is 11.6 Å². The highest BCUT2D eigenvalue weighted by molar-refractivity contribution is 6.31. The van der Waals surface area contributed by atoms with Gasteiger partial charge in [0.25, 0.3) is 5.91 Å². The Morgan fingerprint density at radius 3 is 2.58 bits per heavy atom. The van der Waals surface area contributed by atoms with E-state index < -0.39 is 23.0 Å². The summed E-state index contributed by atoms with van der Waals surface area (Å²) in [4.78, 5) is 36.8. The van der Waals surface area contributed by atoms with Crippen molar-refractivity contribution in [1.82, 2.24) is 15.6 Å². The molecule has 2 fully saturated rings. The zero-order chi connectivity index (χ0) is 35.2. The van der Waals surface area contributed by atoms with Crippen LogP contribution in [0.25, 0.3) is 11.3 Å². The fourth-order valence-electron chi connectivity index (χ4n) is 6.07. The maximum Gasteiger partial charge on any atom is 0.251 e. The summed E-state index contributed by atoms with van der Waals surface area (Å²) in [6, 6.07) is 16.6. The van der Waals surface area contributed by atoms with E-state index in [1.54, 1.807) is 31.3 Å². The van der Waals surface area contributed by atoms with Gasteiger partial charge >= 0.3 is 0 Å². The monoisotopic (exact) mass is 699 g/mol. The third kappa shape index (κ3) is 6.61. The molecule has 1 aromatic heterocycles. The van der Waals surface area contributed by atoms with E-state index in [9.17, 15) is 14.0 Å². The summed E-state index contributed by atoms with van der Waals surface area (Å²) in [6.07, 6.45) is 5.50. The average molecular weight is 700 g/mol. The molecule has 4 aromatic rings. The van der Waals surface area contributed by atoms with Gasteiger partial charge in [0.05, 0.1) is 29.6 Å². The number of halogens is 3. The Labute approximate surface area is 293 Å². The van der Waals surface area contributed by atoms with E-state index in [1.165, 1.54) is 13.2 Å². The third-order valence-electron chi connectivity index (χ3n) is 9.42. The highest BCUT2D eigenvalue weighted by atomic mass is 35.5. The molecule has 1 aliphatic heterocycles. The first-order chi connectivity index (χ1) is 24.0. The average Bonchev–Trinajstić information content (AvgIpc) is 4.06. The van der Waals surface area contributed by atoms with E-state index in [-0.39, 0.29) is 59.1 Å². The Hall–Kier alpha value is -5.03. The van der Waals surface area contributed by atoms with E-state index >= 15 is 4.39 Å². The summed E-state index contributed by atoms with van der Waals surface area (Å²) in [6.45, 7) is 1.84. The number of carbonyl (C=O) groups excluding carboxylic acids is 2. The van der Waals surface area contributed by atoms with Crippen LogP contribution in [0.2, 0.25) is 5.02 Å². The van der Waals surface area contributed by atoms with Crippen LogP contribution in [0.4, 0.5) is 14.5 Å². The molecule has 0 unspecified atom stereocenters. The quantitative estimate of drug-likeness (QED) is 0.0953. The molecular weight excluding hydrogens is 664 g/mol. The van der Waals surface area contributed by atoms with Gasteiger partial charge in [-0.2, -0.15) is 0 Å². The van der Waals surface area contributed by atoms with Gasteiger partial charge in [0.15, 0.2) is 0 Å². The lowest BCUT2D eigenvalue weighted by Gasteiger charge is -2.24. The van der Waals surface area contributed by atoms with Crippen LogP contribution in [0.15, 0.2) is 65.7 Å². The van der Waals surface area contributed by atoms with Gasteiger partial charge < -0.3 is 25.8 Å². The van der Waals surface area contributed by atoms with Crippen molar-refractivity contribution in [2.45, 2.75) is 56.0 Å². The summed E-state index contributed by atoms with van der Waals surface area (Å²) in [5.41, 5.74) is 8.20. The van der Waals surface area contributed by atoms with Gasteiger partial charge in [-0.05, 0) is 62.4 Å². The van der Waals surface area contributed by atoms with Crippen molar-refractivity contribution in [3.63, 3.8) is 0 Å². The zero-order valence-electron chi connectivity index (χ0n) is 27.6. The lowest BCUT2D eigenvalue weighted by Crippen LogP contribution is -2.44. The number of carbonyl (C=O) groups is 2. The molecular formula is C38H36ClF2N5O4. The van der Waals surface area contributed by atoms with Crippen LogP contribution < -0.4 is 25.8 Å². The number of anilines is 1. The second-order valence-corrected chi connectivity index (χ2v) is 13.7. The maximum absolute atomic E-state index is 15.5. The first-order valence-electron chi connectivity index (χ1n) is 16.5. The van der Waals surface area contributed by atoms with Crippen molar-refractivity contribution in [3.8, 4) is 22.8 Å². The first-order valence-corrected chi connectivity index (χ1v) is 16.9. The van der Waals surface area contributed by atoms with Gasteiger partial charge in [0.2, 0.25) is 5.91 Å². The number of pyridine rings is 1. The van der Waals surface area contributed by atoms with Crippen molar-refractivity contribution in [2.75, 3.05) is 26.0 Å². The summed E-state index contributed by atoms with van der Waals surface area (Å²) in [5.74, 6) is -2.41. The molecule has 3 aromatic carbocycles. The fourth-order valence-corrected chi connectivity index (χ4v) is 6.23. The normalized spacial score (nSPS) is 18.7. The molecule has 7 rings (SSSR count). The van der Waals surface area contributed by atoms with Gasteiger partial charge in [0.1, 0.15) is 40.8 Å². The molecule has 3 aliphatic rings. The molecule has 258 valence electrons. The van der Waals surface area contributed by atoms with Crippen LogP contribution in [0.5, 0.6) is 11.5 Å². The number of amides is 2. The number of nitrogens with zero attached hydrogens (tertiary/aromatic N) is 2. The van der Waals surface area contributed by atoms with Gasteiger partial charge in [-0.3, -0.25) is 14.6 Å². The van der Waals surface area contributed by atoms with E-state index in [2.05, 4.69) is 15.6 Å². The van der Waals surface area contributed by atoms with E-state index in [0.29, 0.717) is 39.9 Å². The number of aromatic nitrogens is 1. The first kappa shape index (κ1) is 33.5. The Morgan fingerprint density at radius 2 is 1.88 bits per heavy atom. The number of hydrogen-bond acceptors (Lipinski definition) is 7. The molecule has 50 heavy (non-hydrogen) atoms. The number of nitrogens with two attached hydrogens (primary N) is 1. The predicted octanol–water partition coefficient (Wildman–Crippen LogP) is 6.34. The van der Waals surface area contributed by atoms with Gasteiger partial charge in [0, 0.05) is 53.0 Å². The molecule has 9 nitrogen and oxygen atoms in total. The number of fused-ring (bicyclic) bond motifs is 1. The summed E-state index contributed by atoms with van der Waals surface area (Å²) < 4.78 is 41.3. The minimum atomic E-state index is -1.13. The molecule has 0 radical (unpaired) electrons. The van der Waals surface area contributed by atoms with Crippen LogP contribution >= 0.6 is 11.6 Å². The SMILES string of the molecule is COc1cc(C(=O)NC[C@@H](c2ccccc2)c2cc3c(c(-c4cc(Cl)c(F)cc4F)n2)OC[C@]3(C)C(=O)NC2CC2)cc(C=NC2CC2)c1N. The number of rotatable bonds is 11. The standard InChI is InChI=1S/C38H36ClF2N5O4/c1-38(37(48)45-24-10-11-24)19-50-35-27(38)15-31(46-34(35)25-14-28(39)30(41)16-29(25)40)26(20-6-4-3-5-7-20)18-44-36(47)21-12-22(17-43-23-8-9-23)33(42)32(13-21)49-2/h3-7,12-17,23-24,26H,8-11,18-19,42H2,1-2H3,(H,44,47)(H,45,48)/t26-,38-/m0/s1. The van der Waals surface area contributed by atoms with Crippen molar-refractivity contribution in [1.29, 1.82) is 0 Å². The molecule has 2 aliphatic carbocycles. The topological polar surface area (TPSA) is 128 Å².